The minimum absolute atomic E-state index is 0.0577. The number of aryl methyl sites for hydroxylation is 1. The van der Waals surface area contributed by atoms with E-state index in [0.29, 0.717) is 5.56 Å². The van der Waals surface area contributed by atoms with Crippen LogP contribution in [0.4, 0.5) is 14.2 Å². The summed E-state index contributed by atoms with van der Waals surface area (Å²) in [7, 11) is 0. The number of hydrogen-bond donors (Lipinski definition) is 3. The Labute approximate surface area is 154 Å². The zero-order valence-electron chi connectivity index (χ0n) is 14.4. The van der Waals surface area contributed by atoms with Crippen LogP contribution in [0.5, 0.6) is 5.88 Å². The van der Waals surface area contributed by atoms with Gasteiger partial charge >= 0.3 is 6.03 Å². The Balaban J connectivity index is 2.12. The number of aromatic nitrogens is 1. The van der Waals surface area contributed by atoms with Gasteiger partial charge in [-0.05, 0) is 37.0 Å². The number of ether oxygens (including phenoxy) is 1. The Morgan fingerprint density at radius 2 is 2.15 bits per heavy atom. The van der Waals surface area contributed by atoms with Gasteiger partial charge in [0, 0.05) is 12.1 Å². The number of nitrogens with two attached hydrogens (primary N) is 1. The fourth-order valence-corrected chi connectivity index (χ4v) is 2.71. The number of carbonyl (C=O) groups excluding carboxylic acids is 2. The number of hydrogen-bond acceptors (Lipinski definition) is 5. The molecule has 26 heavy (non-hydrogen) atoms. The lowest BCUT2D eigenvalue weighted by molar-refractivity contribution is 0.0996. The molecule has 1 aromatic heterocycles. The fourth-order valence-electron chi connectivity index (χ4n) is 1.97. The second-order valence-electron chi connectivity index (χ2n) is 5.70. The minimum Gasteiger partial charge on any atom is -0.471 e. The van der Waals surface area contributed by atoms with Crippen LogP contribution in [0, 0.1) is 12.7 Å². The number of benzene rings is 1. The molecule has 0 bridgehead atoms. The van der Waals surface area contributed by atoms with Gasteiger partial charge in [-0.2, -0.15) is 4.37 Å². The van der Waals surface area contributed by atoms with Crippen LogP contribution in [0.2, 0.25) is 0 Å². The van der Waals surface area contributed by atoms with Crippen molar-refractivity contribution in [1.29, 1.82) is 0 Å². The predicted octanol–water partition coefficient (Wildman–Crippen LogP) is 2.97. The summed E-state index contributed by atoms with van der Waals surface area (Å²) in [5, 5.41) is 5.21. The number of rotatable bonds is 7. The molecule has 1 aromatic carbocycles. The van der Waals surface area contributed by atoms with Crippen LogP contribution in [0.1, 0.15) is 28.4 Å². The summed E-state index contributed by atoms with van der Waals surface area (Å²) in [4.78, 5) is 23.6. The van der Waals surface area contributed by atoms with E-state index in [0.717, 1.165) is 22.7 Å². The van der Waals surface area contributed by atoms with Gasteiger partial charge in [-0.25, -0.2) is 9.18 Å². The molecule has 0 aliphatic heterocycles. The van der Waals surface area contributed by atoms with Gasteiger partial charge in [-0.1, -0.05) is 24.3 Å². The van der Waals surface area contributed by atoms with E-state index in [-0.39, 0.29) is 29.6 Å². The molecule has 0 unspecified atom stereocenters. The summed E-state index contributed by atoms with van der Waals surface area (Å²) in [6.45, 7) is 7.37. The van der Waals surface area contributed by atoms with Crippen molar-refractivity contribution >= 4 is 28.5 Å². The van der Waals surface area contributed by atoms with Crippen LogP contribution in [0.3, 0.4) is 0 Å². The van der Waals surface area contributed by atoms with E-state index in [2.05, 4.69) is 21.6 Å². The molecule has 7 nitrogen and oxygen atoms in total. The van der Waals surface area contributed by atoms with Crippen LogP contribution in [-0.4, -0.2) is 22.9 Å². The third-order valence-corrected chi connectivity index (χ3v) is 4.00. The van der Waals surface area contributed by atoms with Crippen LogP contribution in [0.15, 0.2) is 30.4 Å². The smallest absolute Gasteiger partial charge is 0.320 e. The Kier molecular flexibility index (Phi) is 6.29. The average molecular weight is 378 g/mol. The molecule has 0 saturated heterocycles. The molecule has 2 rings (SSSR count). The Morgan fingerprint density at radius 3 is 2.77 bits per heavy atom. The summed E-state index contributed by atoms with van der Waals surface area (Å²) < 4.78 is 23.3. The summed E-state index contributed by atoms with van der Waals surface area (Å²) in [5.74, 6) is -1.29. The second-order valence-corrected chi connectivity index (χ2v) is 6.48. The first kappa shape index (κ1) is 19.4. The summed E-state index contributed by atoms with van der Waals surface area (Å²) in [6, 6.07) is 4.19. The maximum absolute atomic E-state index is 13.9. The van der Waals surface area contributed by atoms with Gasteiger partial charge in [0.05, 0.1) is 0 Å². The van der Waals surface area contributed by atoms with Gasteiger partial charge in [-0.15, -0.1) is 0 Å². The molecule has 4 N–H and O–H groups in total. The molecule has 3 amide bonds. The molecule has 0 saturated carbocycles. The van der Waals surface area contributed by atoms with Gasteiger partial charge in [-0.3, -0.25) is 10.1 Å². The van der Waals surface area contributed by atoms with E-state index >= 15 is 0 Å². The third kappa shape index (κ3) is 5.03. The number of nitrogens with one attached hydrogen (secondary N) is 2. The van der Waals surface area contributed by atoms with E-state index in [4.69, 9.17) is 10.5 Å². The zero-order valence-corrected chi connectivity index (χ0v) is 15.2. The molecule has 0 spiro atoms. The van der Waals surface area contributed by atoms with Crippen molar-refractivity contribution in [2.45, 2.75) is 20.5 Å². The summed E-state index contributed by atoms with van der Waals surface area (Å²) >= 11 is 0.845. The highest BCUT2D eigenvalue weighted by Gasteiger charge is 2.22. The Bertz CT molecular complexity index is 851. The number of urea groups is 1. The first-order chi connectivity index (χ1) is 12.3. The third-order valence-electron chi connectivity index (χ3n) is 3.26. The first-order valence-electron chi connectivity index (χ1n) is 7.64. The van der Waals surface area contributed by atoms with Gasteiger partial charge in [0.25, 0.3) is 5.91 Å². The lowest BCUT2D eigenvalue weighted by atomic mass is 10.1. The number of nitrogens with zero attached hydrogens (tertiary/aromatic N) is 1. The first-order valence-corrected chi connectivity index (χ1v) is 8.41. The quantitative estimate of drug-likeness (QED) is 0.644. The molecule has 0 radical (unpaired) electrons. The van der Waals surface area contributed by atoms with Crippen LogP contribution in [-0.2, 0) is 6.61 Å². The molecule has 9 heteroatoms. The van der Waals surface area contributed by atoms with Gasteiger partial charge in [0.2, 0.25) is 5.88 Å². The van der Waals surface area contributed by atoms with Gasteiger partial charge in [0.15, 0.2) is 0 Å². The molecule has 0 atom stereocenters. The summed E-state index contributed by atoms with van der Waals surface area (Å²) in [6.07, 6.45) is 0. The van der Waals surface area contributed by atoms with Crippen molar-refractivity contribution in [1.82, 2.24) is 9.69 Å². The average Bonchev–Trinajstić information content (AvgIpc) is 2.95. The maximum Gasteiger partial charge on any atom is 0.320 e. The molecule has 2 aromatic rings. The molecule has 138 valence electrons. The fraction of sp³-hybridized carbons (Fsp3) is 0.235. The van der Waals surface area contributed by atoms with E-state index in [1.54, 1.807) is 26.0 Å². The van der Waals surface area contributed by atoms with Gasteiger partial charge in [0.1, 0.15) is 23.0 Å². The van der Waals surface area contributed by atoms with E-state index in [1.165, 1.54) is 6.07 Å². The van der Waals surface area contributed by atoms with Crippen LogP contribution in [0.25, 0.3) is 0 Å². The second kappa shape index (κ2) is 8.43. The van der Waals surface area contributed by atoms with E-state index in [9.17, 15) is 14.0 Å². The number of carbonyl (C=O) groups is 2. The number of halogens is 1. The van der Waals surface area contributed by atoms with Crippen molar-refractivity contribution in [3.05, 3.63) is 52.9 Å². The maximum atomic E-state index is 13.9. The number of anilines is 1. The highest BCUT2D eigenvalue weighted by Crippen LogP contribution is 2.30. The lowest BCUT2D eigenvalue weighted by Crippen LogP contribution is -2.30. The Hall–Kier alpha value is -2.94. The van der Waals surface area contributed by atoms with E-state index < -0.39 is 17.8 Å². The predicted molar refractivity (Wildman–Crippen MR) is 97.9 cm³/mol. The van der Waals surface area contributed by atoms with Gasteiger partial charge < -0.3 is 15.8 Å². The van der Waals surface area contributed by atoms with Crippen molar-refractivity contribution in [3.8, 4) is 5.88 Å². The van der Waals surface area contributed by atoms with Crippen molar-refractivity contribution < 1.29 is 18.7 Å². The highest BCUT2D eigenvalue weighted by atomic mass is 32.1. The van der Waals surface area contributed by atoms with Crippen LogP contribution < -0.4 is 21.1 Å². The summed E-state index contributed by atoms with van der Waals surface area (Å²) in [5.41, 5.74) is 7.16. The van der Waals surface area contributed by atoms with E-state index in [1.807, 2.05) is 0 Å². The molecular weight excluding hydrogens is 359 g/mol. The normalized spacial score (nSPS) is 10.3. The molecule has 1 heterocycles. The highest BCUT2D eigenvalue weighted by molar-refractivity contribution is 7.11. The van der Waals surface area contributed by atoms with Crippen molar-refractivity contribution in [2.75, 3.05) is 11.9 Å². The lowest BCUT2D eigenvalue weighted by Gasteiger charge is -2.08. The molecule has 0 aliphatic rings. The SMILES string of the molecule is C=C(C)CNC(=O)Nc1snc(OCc2ccc(C)cc2F)c1C(N)=O. The Morgan fingerprint density at radius 1 is 1.42 bits per heavy atom. The number of amides is 3. The molecule has 0 fully saturated rings. The molecule has 0 aliphatic carbocycles. The topological polar surface area (TPSA) is 106 Å². The standard InChI is InChI=1S/C17H19FN4O3S/c1-9(2)7-20-17(24)21-16-13(14(19)23)15(22-26-16)25-8-11-5-4-10(3)6-12(11)18/h4-6H,1,7-8H2,2-3H3,(H2,19,23)(H2,20,21,24). The van der Waals surface area contributed by atoms with Crippen LogP contribution >= 0.6 is 11.5 Å². The monoisotopic (exact) mass is 378 g/mol. The van der Waals surface area contributed by atoms with Crippen molar-refractivity contribution in [2.24, 2.45) is 5.73 Å². The molecular formula is C17H19FN4O3S. The minimum atomic E-state index is -0.812. The van der Waals surface area contributed by atoms with Crippen molar-refractivity contribution in [3.63, 3.8) is 0 Å². The largest absolute Gasteiger partial charge is 0.471 e. The number of primary amides is 1. The zero-order chi connectivity index (χ0) is 19.3.